The zero-order chi connectivity index (χ0) is 12.5. The molecule has 0 amide bonds. The number of nitrogens with zero attached hydrogens (tertiary/aromatic N) is 1. The highest BCUT2D eigenvalue weighted by atomic mass is 16.5. The molecular formula is C13H14N2O3. The predicted molar refractivity (Wildman–Crippen MR) is 66.3 cm³/mol. The zero-order valence-corrected chi connectivity index (χ0v) is 10.1. The van der Waals surface area contributed by atoms with E-state index in [1.807, 2.05) is 24.3 Å². The van der Waals surface area contributed by atoms with Crippen LogP contribution in [-0.4, -0.2) is 23.5 Å². The molecule has 1 aliphatic rings. The quantitative estimate of drug-likeness (QED) is 0.867. The van der Waals surface area contributed by atoms with Gasteiger partial charge in [0.25, 0.3) is 5.56 Å². The van der Waals surface area contributed by atoms with Crippen LogP contribution in [0.2, 0.25) is 0 Å². The Balaban J connectivity index is 2.11. The lowest BCUT2D eigenvalue weighted by Crippen LogP contribution is -2.19. The minimum atomic E-state index is -0.0436. The summed E-state index contributed by atoms with van der Waals surface area (Å²) in [5, 5.41) is 3.14. The maximum absolute atomic E-state index is 12.2. The minimum Gasteiger partial charge on any atom is -0.497 e. The van der Waals surface area contributed by atoms with Gasteiger partial charge in [-0.25, -0.2) is 4.68 Å². The van der Waals surface area contributed by atoms with Crippen LogP contribution in [0, 0.1) is 0 Å². The van der Waals surface area contributed by atoms with Gasteiger partial charge in [0.1, 0.15) is 5.75 Å². The van der Waals surface area contributed by atoms with E-state index in [0.717, 1.165) is 29.1 Å². The van der Waals surface area contributed by atoms with E-state index in [2.05, 4.69) is 5.10 Å². The molecule has 2 aromatic rings. The first-order valence-corrected chi connectivity index (χ1v) is 5.84. The molecule has 2 heterocycles. The Morgan fingerprint density at radius 1 is 1.44 bits per heavy atom. The van der Waals surface area contributed by atoms with E-state index < -0.39 is 0 Å². The summed E-state index contributed by atoms with van der Waals surface area (Å²) in [5.41, 5.74) is 2.42. The Bertz CT molecular complexity index is 627. The predicted octanol–water partition coefficient (Wildman–Crippen LogP) is 1.25. The normalized spacial score (nSPS) is 14.3. The highest BCUT2D eigenvalue weighted by Crippen LogP contribution is 2.17. The summed E-state index contributed by atoms with van der Waals surface area (Å²) in [7, 11) is 1.61. The number of methoxy groups -OCH3 is 1. The second-order valence-electron chi connectivity index (χ2n) is 4.21. The summed E-state index contributed by atoms with van der Waals surface area (Å²) in [6, 6.07) is 7.40. The number of aromatic nitrogens is 2. The van der Waals surface area contributed by atoms with Crippen LogP contribution in [0.4, 0.5) is 0 Å². The lowest BCUT2D eigenvalue weighted by molar-refractivity contribution is 0.109. The maximum Gasteiger partial charge on any atom is 0.277 e. The maximum atomic E-state index is 12.2. The number of aromatic amines is 1. The Morgan fingerprint density at radius 2 is 2.33 bits per heavy atom. The number of rotatable bonds is 2. The van der Waals surface area contributed by atoms with Crippen molar-refractivity contribution in [2.75, 3.05) is 13.7 Å². The number of fused-ring (bicyclic) bond motifs is 1. The first-order chi connectivity index (χ1) is 8.79. The third-order valence-electron chi connectivity index (χ3n) is 3.13. The van der Waals surface area contributed by atoms with Gasteiger partial charge < -0.3 is 9.47 Å². The molecule has 1 aliphatic heterocycles. The van der Waals surface area contributed by atoms with E-state index in [9.17, 15) is 4.79 Å². The highest BCUT2D eigenvalue weighted by molar-refractivity contribution is 5.39. The Hall–Kier alpha value is -2.01. The van der Waals surface area contributed by atoms with Gasteiger partial charge in [0.2, 0.25) is 0 Å². The Kier molecular flexibility index (Phi) is 2.68. The SMILES string of the molecule is COc1cccc(-n2[nH]c3c(c2=O)COCC3)c1. The number of H-pyrrole nitrogens is 1. The molecule has 5 heteroatoms. The Morgan fingerprint density at radius 3 is 3.11 bits per heavy atom. The molecule has 0 saturated heterocycles. The van der Waals surface area contributed by atoms with E-state index >= 15 is 0 Å². The van der Waals surface area contributed by atoms with Crippen LogP contribution in [-0.2, 0) is 17.8 Å². The minimum absolute atomic E-state index is 0.0436. The van der Waals surface area contributed by atoms with Gasteiger partial charge in [-0.2, -0.15) is 0 Å². The fraction of sp³-hybridized carbons (Fsp3) is 0.308. The number of nitrogens with one attached hydrogen (secondary N) is 1. The first kappa shape index (κ1) is 11.1. The van der Waals surface area contributed by atoms with E-state index in [-0.39, 0.29) is 5.56 Å². The second-order valence-corrected chi connectivity index (χ2v) is 4.21. The van der Waals surface area contributed by atoms with Crippen molar-refractivity contribution < 1.29 is 9.47 Å². The topological polar surface area (TPSA) is 56.2 Å². The molecule has 0 aliphatic carbocycles. The molecule has 0 unspecified atom stereocenters. The average molecular weight is 246 g/mol. The van der Waals surface area contributed by atoms with Crippen molar-refractivity contribution >= 4 is 0 Å². The molecule has 3 rings (SSSR count). The van der Waals surface area contributed by atoms with Gasteiger partial charge in [-0.05, 0) is 12.1 Å². The van der Waals surface area contributed by atoms with Crippen molar-refractivity contribution in [2.45, 2.75) is 13.0 Å². The molecule has 0 atom stereocenters. The van der Waals surface area contributed by atoms with E-state index in [1.54, 1.807) is 11.8 Å². The van der Waals surface area contributed by atoms with Crippen molar-refractivity contribution in [1.29, 1.82) is 0 Å². The largest absolute Gasteiger partial charge is 0.497 e. The number of hydrogen-bond acceptors (Lipinski definition) is 3. The summed E-state index contributed by atoms with van der Waals surface area (Å²) < 4.78 is 12.0. The smallest absolute Gasteiger partial charge is 0.277 e. The average Bonchev–Trinajstić information content (AvgIpc) is 2.77. The van der Waals surface area contributed by atoms with E-state index in [4.69, 9.17) is 9.47 Å². The number of hydrogen-bond donors (Lipinski definition) is 1. The van der Waals surface area contributed by atoms with Crippen LogP contribution in [0.3, 0.4) is 0 Å². The first-order valence-electron chi connectivity index (χ1n) is 5.84. The molecule has 0 spiro atoms. The van der Waals surface area contributed by atoms with E-state index in [1.165, 1.54) is 0 Å². The molecule has 1 N–H and O–H groups in total. The van der Waals surface area contributed by atoms with Crippen LogP contribution in [0.1, 0.15) is 11.3 Å². The number of benzene rings is 1. The summed E-state index contributed by atoms with van der Waals surface area (Å²) in [5.74, 6) is 0.725. The molecule has 18 heavy (non-hydrogen) atoms. The van der Waals surface area contributed by atoms with Crippen molar-refractivity contribution in [3.63, 3.8) is 0 Å². The summed E-state index contributed by atoms with van der Waals surface area (Å²) in [6.45, 7) is 1.05. The molecule has 0 radical (unpaired) electrons. The van der Waals surface area contributed by atoms with Gasteiger partial charge in [0.05, 0.1) is 31.6 Å². The molecule has 0 bridgehead atoms. The molecule has 1 aromatic carbocycles. The van der Waals surface area contributed by atoms with Crippen LogP contribution in [0.15, 0.2) is 29.1 Å². The highest BCUT2D eigenvalue weighted by Gasteiger charge is 2.18. The van der Waals surface area contributed by atoms with Gasteiger partial charge in [-0.15, -0.1) is 0 Å². The lowest BCUT2D eigenvalue weighted by atomic mass is 10.2. The van der Waals surface area contributed by atoms with Gasteiger partial charge >= 0.3 is 0 Å². The van der Waals surface area contributed by atoms with Crippen molar-refractivity contribution in [3.05, 3.63) is 45.9 Å². The van der Waals surface area contributed by atoms with Crippen molar-refractivity contribution in [2.24, 2.45) is 0 Å². The third-order valence-corrected chi connectivity index (χ3v) is 3.13. The molecule has 0 fully saturated rings. The zero-order valence-electron chi connectivity index (χ0n) is 10.1. The van der Waals surface area contributed by atoms with Crippen molar-refractivity contribution in [3.8, 4) is 11.4 Å². The van der Waals surface area contributed by atoms with Crippen LogP contribution < -0.4 is 10.3 Å². The van der Waals surface area contributed by atoms with Gasteiger partial charge in [-0.1, -0.05) is 6.07 Å². The Labute approximate surface area is 104 Å². The summed E-state index contributed by atoms with van der Waals surface area (Å²) >= 11 is 0. The molecule has 5 nitrogen and oxygen atoms in total. The molecule has 1 aromatic heterocycles. The van der Waals surface area contributed by atoms with E-state index in [0.29, 0.717) is 13.2 Å². The summed E-state index contributed by atoms with van der Waals surface area (Å²) in [4.78, 5) is 12.2. The fourth-order valence-electron chi connectivity index (χ4n) is 2.15. The van der Waals surface area contributed by atoms with Gasteiger partial charge in [-0.3, -0.25) is 9.89 Å². The molecular weight excluding hydrogens is 232 g/mol. The fourth-order valence-corrected chi connectivity index (χ4v) is 2.15. The monoisotopic (exact) mass is 246 g/mol. The third kappa shape index (κ3) is 1.73. The van der Waals surface area contributed by atoms with Crippen LogP contribution >= 0.6 is 0 Å². The second kappa shape index (κ2) is 4.34. The van der Waals surface area contributed by atoms with Gasteiger partial charge in [0, 0.05) is 18.2 Å². The number of ether oxygens (including phenoxy) is 2. The van der Waals surface area contributed by atoms with Crippen LogP contribution in [0.5, 0.6) is 5.75 Å². The molecule has 94 valence electrons. The van der Waals surface area contributed by atoms with Crippen LogP contribution in [0.25, 0.3) is 5.69 Å². The standard InChI is InChI=1S/C13H14N2O3/c1-17-10-4-2-3-9(7-10)15-13(16)11-8-18-6-5-12(11)14-15/h2-4,7,14H,5-6,8H2,1H3. The van der Waals surface area contributed by atoms with Crippen molar-refractivity contribution in [1.82, 2.24) is 9.78 Å². The van der Waals surface area contributed by atoms with Gasteiger partial charge in [0.15, 0.2) is 0 Å². The summed E-state index contributed by atoms with van der Waals surface area (Å²) in [6.07, 6.45) is 0.752. The lowest BCUT2D eigenvalue weighted by Gasteiger charge is -2.08. The molecule has 0 saturated carbocycles.